The fourth-order valence-electron chi connectivity index (χ4n) is 1.94. The van der Waals surface area contributed by atoms with Gasteiger partial charge in [0.25, 0.3) is 0 Å². The molecule has 0 unspecified atom stereocenters. The predicted molar refractivity (Wildman–Crippen MR) is 90.5 cm³/mol. The molecule has 22 heavy (non-hydrogen) atoms. The fourth-order valence-corrected chi connectivity index (χ4v) is 1.94. The van der Waals surface area contributed by atoms with Gasteiger partial charge in [-0.1, -0.05) is 36.9 Å². The van der Waals surface area contributed by atoms with Gasteiger partial charge in [-0.3, -0.25) is 4.79 Å². The molecule has 114 valence electrons. The average Bonchev–Trinajstić information content (AvgIpc) is 2.58. The van der Waals surface area contributed by atoms with Crippen LogP contribution in [0.4, 0.5) is 11.4 Å². The van der Waals surface area contributed by atoms with E-state index in [1.54, 1.807) is 18.0 Å². The zero-order valence-electron chi connectivity index (χ0n) is 12.7. The third-order valence-corrected chi connectivity index (χ3v) is 3.16. The van der Waals surface area contributed by atoms with Gasteiger partial charge < -0.3 is 15.0 Å². The average molecular weight is 296 g/mol. The maximum atomic E-state index is 12.2. The van der Waals surface area contributed by atoms with Crippen LogP contribution < -0.4 is 15.0 Å². The first-order valence-corrected chi connectivity index (χ1v) is 7.10. The molecule has 0 aliphatic rings. The van der Waals surface area contributed by atoms with Crippen molar-refractivity contribution >= 4 is 17.3 Å². The summed E-state index contributed by atoms with van der Waals surface area (Å²) in [5.41, 5.74) is 1.72. The van der Waals surface area contributed by atoms with Crippen LogP contribution in [-0.4, -0.2) is 26.1 Å². The molecule has 0 radical (unpaired) electrons. The van der Waals surface area contributed by atoms with Crippen molar-refractivity contribution in [3.63, 3.8) is 0 Å². The number of amides is 1. The number of anilines is 2. The molecule has 0 aliphatic carbocycles. The van der Waals surface area contributed by atoms with Crippen molar-refractivity contribution in [3.05, 3.63) is 67.3 Å². The van der Waals surface area contributed by atoms with Gasteiger partial charge in [0, 0.05) is 24.5 Å². The Morgan fingerprint density at radius 3 is 2.73 bits per heavy atom. The Kier molecular flexibility index (Phi) is 5.60. The monoisotopic (exact) mass is 296 g/mol. The summed E-state index contributed by atoms with van der Waals surface area (Å²) in [5.74, 6) is 0.734. The minimum atomic E-state index is -0.0105. The number of nitrogens with one attached hydrogen (secondary N) is 1. The van der Waals surface area contributed by atoms with Gasteiger partial charge in [0.1, 0.15) is 12.4 Å². The van der Waals surface area contributed by atoms with E-state index in [4.69, 9.17) is 4.74 Å². The highest BCUT2D eigenvalue weighted by Crippen LogP contribution is 2.17. The van der Waals surface area contributed by atoms with Crippen molar-refractivity contribution in [2.75, 3.05) is 30.4 Å². The largest absolute Gasteiger partial charge is 0.489 e. The summed E-state index contributed by atoms with van der Waals surface area (Å²) in [5, 5.41) is 3.11. The molecule has 0 heterocycles. The van der Waals surface area contributed by atoms with Gasteiger partial charge in [0.2, 0.25) is 5.91 Å². The second kappa shape index (κ2) is 7.88. The molecule has 4 nitrogen and oxygen atoms in total. The van der Waals surface area contributed by atoms with Gasteiger partial charge >= 0.3 is 0 Å². The number of likely N-dealkylation sites (N-methyl/N-ethyl adjacent to an activating group) is 1. The Labute approximate surface area is 131 Å². The van der Waals surface area contributed by atoms with E-state index in [-0.39, 0.29) is 12.5 Å². The molecule has 0 bridgehead atoms. The van der Waals surface area contributed by atoms with Crippen LogP contribution in [0.3, 0.4) is 0 Å². The molecule has 1 N–H and O–H groups in total. The lowest BCUT2D eigenvalue weighted by atomic mass is 10.3. The van der Waals surface area contributed by atoms with E-state index in [0.717, 1.165) is 17.1 Å². The van der Waals surface area contributed by atoms with E-state index in [1.807, 2.05) is 54.6 Å². The summed E-state index contributed by atoms with van der Waals surface area (Å²) in [4.78, 5) is 13.8. The topological polar surface area (TPSA) is 41.6 Å². The van der Waals surface area contributed by atoms with E-state index in [9.17, 15) is 4.79 Å². The Morgan fingerprint density at radius 1 is 1.23 bits per heavy atom. The predicted octanol–water partition coefficient (Wildman–Crippen LogP) is 3.33. The van der Waals surface area contributed by atoms with Gasteiger partial charge in [0.05, 0.1) is 6.54 Å². The first-order valence-electron chi connectivity index (χ1n) is 7.10. The second-order valence-corrected chi connectivity index (χ2v) is 4.77. The summed E-state index contributed by atoms with van der Waals surface area (Å²) >= 11 is 0. The molecule has 2 rings (SSSR count). The molecule has 0 aromatic heterocycles. The maximum absolute atomic E-state index is 12.2. The van der Waals surface area contributed by atoms with Crippen LogP contribution in [0.25, 0.3) is 0 Å². The summed E-state index contributed by atoms with van der Waals surface area (Å²) in [6.45, 7) is 4.29. The molecule has 4 heteroatoms. The van der Waals surface area contributed by atoms with Gasteiger partial charge in [-0.2, -0.15) is 0 Å². The third kappa shape index (κ3) is 4.38. The Bertz CT molecular complexity index is 626. The molecule has 0 saturated heterocycles. The Morgan fingerprint density at radius 2 is 2.00 bits per heavy atom. The van der Waals surface area contributed by atoms with Crippen molar-refractivity contribution in [1.29, 1.82) is 0 Å². The third-order valence-electron chi connectivity index (χ3n) is 3.16. The standard InChI is InChI=1S/C18H20N2O2/c1-3-12-22-17-11-7-8-15(13-17)19-14-18(21)20(2)16-9-5-4-6-10-16/h3-11,13,19H,1,12,14H2,2H3. The molecule has 2 aromatic carbocycles. The van der Waals surface area contributed by atoms with E-state index < -0.39 is 0 Å². The van der Waals surface area contributed by atoms with E-state index in [0.29, 0.717) is 6.61 Å². The second-order valence-electron chi connectivity index (χ2n) is 4.77. The highest BCUT2D eigenvalue weighted by Gasteiger charge is 2.10. The molecule has 2 aromatic rings. The lowest BCUT2D eigenvalue weighted by molar-refractivity contribution is -0.116. The molecule has 0 spiro atoms. The SMILES string of the molecule is C=CCOc1cccc(NCC(=O)N(C)c2ccccc2)c1. The van der Waals surface area contributed by atoms with Crippen LogP contribution in [0.1, 0.15) is 0 Å². The molecule has 1 amide bonds. The van der Waals surface area contributed by atoms with Crippen LogP contribution in [-0.2, 0) is 4.79 Å². The molecular weight excluding hydrogens is 276 g/mol. The summed E-state index contributed by atoms with van der Waals surface area (Å²) in [6, 6.07) is 17.1. The molecular formula is C18H20N2O2. The van der Waals surface area contributed by atoms with Crippen LogP contribution in [0.2, 0.25) is 0 Å². The Hall–Kier alpha value is -2.75. The van der Waals surface area contributed by atoms with Crippen LogP contribution >= 0.6 is 0 Å². The normalized spacial score (nSPS) is 9.86. The number of carbonyl (C=O) groups excluding carboxylic acids is 1. The quantitative estimate of drug-likeness (QED) is 0.797. The minimum absolute atomic E-state index is 0.0105. The zero-order valence-corrected chi connectivity index (χ0v) is 12.7. The number of hydrogen-bond donors (Lipinski definition) is 1. The Balaban J connectivity index is 1.92. The van der Waals surface area contributed by atoms with E-state index in [2.05, 4.69) is 11.9 Å². The van der Waals surface area contributed by atoms with Crippen LogP contribution in [0.15, 0.2) is 67.3 Å². The van der Waals surface area contributed by atoms with Gasteiger partial charge in [-0.15, -0.1) is 0 Å². The van der Waals surface area contributed by atoms with E-state index in [1.165, 1.54) is 0 Å². The lowest BCUT2D eigenvalue weighted by Gasteiger charge is -2.18. The number of hydrogen-bond acceptors (Lipinski definition) is 3. The van der Waals surface area contributed by atoms with E-state index >= 15 is 0 Å². The number of benzene rings is 2. The molecule has 0 saturated carbocycles. The fraction of sp³-hybridized carbons (Fsp3) is 0.167. The smallest absolute Gasteiger partial charge is 0.246 e. The first kappa shape index (κ1) is 15.6. The summed E-state index contributed by atoms with van der Waals surface area (Å²) < 4.78 is 5.47. The van der Waals surface area contributed by atoms with Gasteiger partial charge in [-0.05, 0) is 24.3 Å². The number of carbonyl (C=O) groups is 1. The molecule has 0 aliphatic heterocycles. The van der Waals surface area contributed by atoms with Crippen molar-refractivity contribution < 1.29 is 9.53 Å². The highest BCUT2D eigenvalue weighted by molar-refractivity contribution is 5.95. The van der Waals surface area contributed by atoms with Crippen LogP contribution in [0, 0.1) is 0 Å². The number of nitrogens with zero attached hydrogens (tertiary/aromatic N) is 1. The number of para-hydroxylation sites is 1. The summed E-state index contributed by atoms with van der Waals surface area (Å²) in [6.07, 6.45) is 1.69. The minimum Gasteiger partial charge on any atom is -0.489 e. The van der Waals surface area contributed by atoms with Gasteiger partial charge in [-0.25, -0.2) is 0 Å². The number of ether oxygens (including phenoxy) is 1. The maximum Gasteiger partial charge on any atom is 0.246 e. The van der Waals surface area contributed by atoms with Crippen molar-refractivity contribution in [2.24, 2.45) is 0 Å². The van der Waals surface area contributed by atoms with Crippen molar-refractivity contribution in [2.45, 2.75) is 0 Å². The molecule has 0 atom stereocenters. The van der Waals surface area contributed by atoms with Crippen LogP contribution in [0.5, 0.6) is 5.75 Å². The molecule has 0 fully saturated rings. The van der Waals surface area contributed by atoms with Crippen molar-refractivity contribution in [3.8, 4) is 5.75 Å². The van der Waals surface area contributed by atoms with Gasteiger partial charge in [0.15, 0.2) is 0 Å². The zero-order chi connectivity index (χ0) is 15.8. The van der Waals surface area contributed by atoms with Crippen molar-refractivity contribution in [1.82, 2.24) is 0 Å². The summed E-state index contributed by atoms with van der Waals surface area (Å²) in [7, 11) is 1.77. The first-order chi connectivity index (χ1) is 10.7. The lowest BCUT2D eigenvalue weighted by Crippen LogP contribution is -2.32. The number of rotatable bonds is 7. The highest BCUT2D eigenvalue weighted by atomic mass is 16.5.